The molecule has 0 aliphatic rings. The van der Waals surface area contributed by atoms with Crippen LogP contribution in [0.1, 0.15) is 0 Å². The van der Waals surface area contributed by atoms with E-state index < -0.39 is 0 Å². The van der Waals surface area contributed by atoms with Gasteiger partial charge in [-0.2, -0.15) is 0 Å². The van der Waals surface area contributed by atoms with E-state index in [2.05, 4.69) is 21.4 Å². The summed E-state index contributed by atoms with van der Waals surface area (Å²) in [6.45, 7) is 0. The summed E-state index contributed by atoms with van der Waals surface area (Å²) >= 11 is 1.68. The summed E-state index contributed by atoms with van der Waals surface area (Å²) < 4.78 is 0. The van der Waals surface area contributed by atoms with E-state index in [0.29, 0.717) is 0 Å². The average molecular weight is 283 g/mol. The van der Waals surface area contributed by atoms with E-state index in [1.54, 1.807) is 30.0 Å². The molecule has 0 spiro atoms. The largest absolute Gasteiger partial charge is 0.508 e. The van der Waals surface area contributed by atoms with Crippen molar-refractivity contribution in [2.75, 3.05) is 11.6 Å². The number of rotatable bonds is 3. The first-order chi connectivity index (χ1) is 9.76. The van der Waals surface area contributed by atoms with Crippen molar-refractivity contribution in [3.05, 3.63) is 48.8 Å². The van der Waals surface area contributed by atoms with Crippen molar-refractivity contribution in [1.82, 2.24) is 9.97 Å². The predicted molar refractivity (Wildman–Crippen MR) is 82.7 cm³/mol. The second-order valence-electron chi connectivity index (χ2n) is 4.28. The number of fused-ring (bicyclic) bond motifs is 1. The van der Waals surface area contributed by atoms with E-state index in [4.69, 9.17) is 0 Å². The van der Waals surface area contributed by atoms with Crippen LogP contribution in [0.2, 0.25) is 0 Å². The molecule has 0 unspecified atom stereocenters. The molecule has 4 nitrogen and oxygen atoms in total. The lowest BCUT2D eigenvalue weighted by Gasteiger charge is -2.09. The summed E-state index contributed by atoms with van der Waals surface area (Å²) in [4.78, 5) is 9.72. The van der Waals surface area contributed by atoms with Gasteiger partial charge in [0.25, 0.3) is 0 Å². The van der Waals surface area contributed by atoms with Crippen molar-refractivity contribution >= 4 is 34.2 Å². The SMILES string of the molecule is CSc1ccc2ncnc(Nc3cccc(O)c3)c2c1. The van der Waals surface area contributed by atoms with E-state index in [1.807, 2.05) is 24.5 Å². The van der Waals surface area contributed by atoms with E-state index in [-0.39, 0.29) is 5.75 Å². The van der Waals surface area contributed by atoms with E-state index in [9.17, 15) is 5.11 Å². The number of phenolic OH excluding ortho intramolecular Hbond substituents is 1. The van der Waals surface area contributed by atoms with Crippen LogP contribution in [0.15, 0.2) is 53.7 Å². The van der Waals surface area contributed by atoms with Gasteiger partial charge in [-0.1, -0.05) is 6.07 Å². The van der Waals surface area contributed by atoms with Gasteiger partial charge in [-0.05, 0) is 36.6 Å². The molecule has 5 heteroatoms. The Balaban J connectivity index is 2.06. The third-order valence-electron chi connectivity index (χ3n) is 2.95. The molecule has 0 fully saturated rings. The van der Waals surface area contributed by atoms with Gasteiger partial charge < -0.3 is 10.4 Å². The number of benzene rings is 2. The van der Waals surface area contributed by atoms with Gasteiger partial charge in [0.15, 0.2) is 0 Å². The van der Waals surface area contributed by atoms with Crippen molar-refractivity contribution in [2.45, 2.75) is 4.90 Å². The molecule has 2 N–H and O–H groups in total. The second-order valence-corrected chi connectivity index (χ2v) is 5.16. The molecule has 1 heterocycles. The van der Waals surface area contributed by atoms with Gasteiger partial charge in [0.1, 0.15) is 17.9 Å². The Labute approximate surface area is 120 Å². The number of anilines is 2. The molecule has 3 rings (SSSR count). The molecule has 0 radical (unpaired) electrons. The lowest BCUT2D eigenvalue weighted by Crippen LogP contribution is -1.95. The fourth-order valence-electron chi connectivity index (χ4n) is 1.98. The molecule has 1 aromatic heterocycles. The number of aromatic nitrogens is 2. The molecule has 0 bridgehead atoms. The van der Waals surface area contributed by atoms with Gasteiger partial charge in [-0.25, -0.2) is 9.97 Å². The lowest BCUT2D eigenvalue weighted by molar-refractivity contribution is 0.475. The van der Waals surface area contributed by atoms with Crippen molar-refractivity contribution in [3.8, 4) is 5.75 Å². The number of phenols is 1. The lowest BCUT2D eigenvalue weighted by atomic mass is 10.2. The van der Waals surface area contributed by atoms with Crippen LogP contribution in [0.25, 0.3) is 10.9 Å². The maximum atomic E-state index is 9.51. The maximum absolute atomic E-state index is 9.51. The fourth-order valence-corrected chi connectivity index (χ4v) is 2.42. The van der Waals surface area contributed by atoms with Crippen LogP contribution in [0.4, 0.5) is 11.5 Å². The second kappa shape index (κ2) is 5.38. The molecule has 0 saturated heterocycles. The first-order valence-electron chi connectivity index (χ1n) is 6.11. The summed E-state index contributed by atoms with van der Waals surface area (Å²) in [5.41, 5.74) is 1.68. The van der Waals surface area contributed by atoms with Gasteiger partial charge in [-0.15, -0.1) is 11.8 Å². The molecule has 3 aromatic rings. The average Bonchev–Trinajstić information content (AvgIpc) is 2.47. The number of hydrogen-bond donors (Lipinski definition) is 2. The number of nitrogens with one attached hydrogen (secondary N) is 1. The normalized spacial score (nSPS) is 10.7. The zero-order valence-corrected chi connectivity index (χ0v) is 11.7. The zero-order valence-electron chi connectivity index (χ0n) is 10.9. The summed E-state index contributed by atoms with van der Waals surface area (Å²) in [5, 5.41) is 13.7. The monoisotopic (exact) mass is 283 g/mol. The van der Waals surface area contributed by atoms with Gasteiger partial charge >= 0.3 is 0 Å². The fraction of sp³-hybridized carbons (Fsp3) is 0.0667. The molecular weight excluding hydrogens is 270 g/mol. The summed E-state index contributed by atoms with van der Waals surface area (Å²) in [6.07, 6.45) is 3.57. The highest BCUT2D eigenvalue weighted by atomic mass is 32.2. The van der Waals surface area contributed by atoms with Crippen LogP contribution in [0.5, 0.6) is 5.75 Å². The maximum Gasteiger partial charge on any atom is 0.141 e. The Morgan fingerprint density at radius 2 is 2.00 bits per heavy atom. The van der Waals surface area contributed by atoms with Crippen LogP contribution < -0.4 is 5.32 Å². The molecule has 2 aromatic carbocycles. The quantitative estimate of drug-likeness (QED) is 0.716. The molecular formula is C15H13N3OS. The Morgan fingerprint density at radius 3 is 2.80 bits per heavy atom. The first-order valence-corrected chi connectivity index (χ1v) is 7.33. The minimum Gasteiger partial charge on any atom is -0.508 e. The number of aromatic hydroxyl groups is 1. The molecule has 20 heavy (non-hydrogen) atoms. The Hall–Kier alpha value is -2.27. The molecule has 0 aliphatic heterocycles. The molecule has 100 valence electrons. The zero-order chi connectivity index (χ0) is 13.9. The van der Waals surface area contributed by atoms with Gasteiger partial charge in [0.05, 0.1) is 5.52 Å². The van der Waals surface area contributed by atoms with Crippen LogP contribution in [-0.4, -0.2) is 21.3 Å². The van der Waals surface area contributed by atoms with E-state index in [1.165, 1.54) is 6.33 Å². The number of hydrogen-bond acceptors (Lipinski definition) is 5. The van der Waals surface area contributed by atoms with Crippen LogP contribution in [0.3, 0.4) is 0 Å². The van der Waals surface area contributed by atoms with Crippen LogP contribution in [-0.2, 0) is 0 Å². The minimum atomic E-state index is 0.221. The third-order valence-corrected chi connectivity index (χ3v) is 3.68. The van der Waals surface area contributed by atoms with Crippen LogP contribution in [0, 0.1) is 0 Å². The van der Waals surface area contributed by atoms with E-state index >= 15 is 0 Å². The van der Waals surface area contributed by atoms with Gasteiger partial charge in [0, 0.05) is 22.0 Å². The Morgan fingerprint density at radius 1 is 1.10 bits per heavy atom. The smallest absolute Gasteiger partial charge is 0.141 e. The topological polar surface area (TPSA) is 58.0 Å². The Kier molecular flexibility index (Phi) is 3.43. The van der Waals surface area contributed by atoms with Crippen molar-refractivity contribution in [2.24, 2.45) is 0 Å². The van der Waals surface area contributed by atoms with Gasteiger partial charge in [-0.3, -0.25) is 0 Å². The number of nitrogens with zero attached hydrogens (tertiary/aromatic N) is 2. The van der Waals surface area contributed by atoms with Crippen molar-refractivity contribution < 1.29 is 5.11 Å². The Bertz CT molecular complexity index is 761. The first kappa shape index (κ1) is 12.7. The van der Waals surface area contributed by atoms with Crippen molar-refractivity contribution in [1.29, 1.82) is 0 Å². The highest BCUT2D eigenvalue weighted by Gasteiger charge is 2.05. The highest BCUT2D eigenvalue weighted by Crippen LogP contribution is 2.27. The highest BCUT2D eigenvalue weighted by molar-refractivity contribution is 7.98. The van der Waals surface area contributed by atoms with Gasteiger partial charge in [0.2, 0.25) is 0 Å². The third kappa shape index (κ3) is 2.53. The molecule has 0 atom stereocenters. The summed E-state index contributed by atoms with van der Waals surface area (Å²) in [5.74, 6) is 0.953. The summed E-state index contributed by atoms with van der Waals surface area (Å²) in [6, 6.07) is 13.0. The van der Waals surface area contributed by atoms with Crippen LogP contribution >= 0.6 is 11.8 Å². The molecule has 0 aliphatic carbocycles. The molecule has 0 saturated carbocycles. The summed E-state index contributed by atoms with van der Waals surface area (Å²) in [7, 11) is 0. The number of thioether (sulfide) groups is 1. The standard InChI is InChI=1S/C15H13N3OS/c1-20-12-5-6-14-13(8-12)15(17-9-16-14)18-10-3-2-4-11(19)7-10/h2-9,19H,1H3,(H,16,17,18). The van der Waals surface area contributed by atoms with E-state index in [0.717, 1.165) is 27.3 Å². The molecule has 0 amide bonds. The minimum absolute atomic E-state index is 0.221. The predicted octanol–water partition coefficient (Wildman–Crippen LogP) is 3.80. The van der Waals surface area contributed by atoms with Crippen molar-refractivity contribution in [3.63, 3.8) is 0 Å².